The predicted molar refractivity (Wildman–Crippen MR) is 69.1 cm³/mol. The molecule has 1 aromatic heterocycles. The molecule has 0 fully saturated rings. The van der Waals surface area contributed by atoms with Crippen LogP contribution in [0.3, 0.4) is 0 Å². The van der Waals surface area contributed by atoms with Gasteiger partial charge in [0, 0.05) is 21.6 Å². The van der Waals surface area contributed by atoms with Crippen molar-refractivity contribution < 1.29 is 4.79 Å². The zero-order valence-electron chi connectivity index (χ0n) is 8.31. The number of hydrogen-bond acceptors (Lipinski definition) is 4. The van der Waals surface area contributed by atoms with Crippen LogP contribution in [0, 0.1) is 0 Å². The largest absolute Gasteiger partial charge is 0.354 e. The first-order chi connectivity index (χ1) is 7.75. The summed E-state index contributed by atoms with van der Waals surface area (Å²) in [7, 11) is 0. The molecule has 0 unspecified atom stereocenters. The smallest absolute Gasteiger partial charge is 0.182 e. The Balaban J connectivity index is 1.95. The molecule has 1 aromatic carbocycles. The molecule has 0 radical (unpaired) electrons. The molecule has 0 aliphatic heterocycles. The minimum absolute atomic E-state index is 0.0581. The minimum Gasteiger partial charge on any atom is -0.354 e. The standard InChI is InChI=1S/C11H9BrN2OS/c12-9-3-1-8(2-4-9)10(15)7-14-11-13-5-6-16-11/h1-6H,7H2,(H,13,14). The summed E-state index contributed by atoms with van der Waals surface area (Å²) in [5, 5.41) is 5.62. The highest BCUT2D eigenvalue weighted by Crippen LogP contribution is 2.12. The van der Waals surface area contributed by atoms with E-state index in [1.54, 1.807) is 18.3 Å². The number of Topliss-reactive ketones (excluding diaryl/α,β-unsaturated/α-hetero) is 1. The summed E-state index contributed by atoms with van der Waals surface area (Å²) in [5.74, 6) is 0.0581. The van der Waals surface area contributed by atoms with Crippen molar-refractivity contribution in [1.29, 1.82) is 0 Å². The number of hydrogen-bond donors (Lipinski definition) is 1. The lowest BCUT2D eigenvalue weighted by Gasteiger charge is -2.02. The molecule has 0 atom stereocenters. The van der Waals surface area contributed by atoms with Crippen LogP contribution < -0.4 is 5.32 Å². The van der Waals surface area contributed by atoms with Crippen molar-refractivity contribution in [2.45, 2.75) is 0 Å². The Morgan fingerprint density at radius 1 is 1.38 bits per heavy atom. The van der Waals surface area contributed by atoms with E-state index in [0.29, 0.717) is 5.56 Å². The fraction of sp³-hybridized carbons (Fsp3) is 0.0909. The molecule has 1 heterocycles. The van der Waals surface area contributed by atoms with Crippen LogP contribution in [-0.2, 0) is 0 Å². The highest BCUT2D eigenvalue weighted by molar-refractivity contribution is 9.10. The van der Waals surface area contributed by atoms with Gasteiger partial charge < -0.3 is 5.32 Å². The number of carbonyl (C=O) groups is 1. The molecule has 1 N–H and O–H groups in total. The molecular weight excluding hydrogens is 288 g/mol. The molecule has 82 valence electrons. The number of halogens is 1. The van der Waals surface area contributed by atoms with Crippen LogP contribution >= 0.6 is 27.3 Å². The maximum Gasteiger partial charge on any atom is 0.182 e. The first-order valence-electron chi connectivity index (χ1n) is 4.68. The van der Waals surface area contributed by atoms with Gasteiger partial charge >= 0.3 is 0 Å². The lowest BCUT2D eigenvalue weighted by atomic mass is 10.1. The second-order valence-electron chi connectivity index (χ2n) is 3.12. The van der Waals surface area contributed by atoms with E-state index >= 15 is 0 Å². The molecule has 0 aliphatic rings. The van der Waals surface area contributed by atoms with E-state index in [0.717, 1.165) is 9.60 Å². The molecule has 0 amide bonds. The third-order valence-electron chi connectivity index (χ3n) is 2.00. The zero-order valence-corrected chi connectivity index (χ0v) is 10.7. The van der Waals surface area contributed by atoms with Gasteiger partial charge in [0.1, 0.15) is 0 Å². The Hall–Kier alpha value is -1.20. The van der Waals surface area contributed by atoms with Crippen molar-refractivity contribution in [3.63, 3.8) is 0 Å². The number of carbonyl (C=O) groups excluding carboxylic acids is 1. The SMILES string of the molecule is O=C(CNc1nccs1)c1ccc(Br)cc1. The number of aromatic nitrogens is 1. The number of anilines is 1. The molecule has 2 aromatic rings. The Morgan fingerprint density at radius 3 is 2.75 bits per heavy atom. The molecule has 0 aliphatic carbocycles. The van der Waals surface area contributed by atoms with Crippen LogP contribution in [0.2, 0.25) is 0 Å². The average Bonchev–Trinajstić information content (AvgIpc) is 2.80. The van der Waals surface area contributed by atoms with Crippen LogP contribution in [-0.4, -0.2) is 17.3 Å². The molecule has 0 saturated heterocycles. The Kier molecular flexibility index (Phi) is 3.69. The van der Waals surface area contributed by atoms with Gasteiger partial charge in [-0.2, -0.15) is 0 Å². The van der Waals surface area contributed by atoms with E-state index < -0.39 is 0 Å². The van der Waals surface area contributed by atoms with Gasteiger partial charge in [0.15, 0.2) is 10.9 Å². The van der Waals surface area contributed by atoms with Crippen molar-refractivity contribution in [3.05, 3.63) is 45.9 Å². The molecule has 0 saturated carbocycles. The van der Waals surface area contributed by atoms with Crippen LogP contribution in [0.25, 0.3) is 0 Å². The van der Waals surface area contributed by atoms with E-state index in [1.165, 1.54) is 11.3 Å². The van der Waals surface area contributed by atoms with Gasteiger partial charge in [0.25, 0.3) is 0 Å². The number of ketones is 1. The number of nitrogens with zero attached hydrogens (tertiary/aromatic N) is 1. The summed E-state index contributed by atoms with van der Waals surface area (Å²) in [4.78, 5) is 15.8. The van der Waals surface area contributed by atoms with Crippen LogP contribution in [0.15, 0.2) is 40.3 Å². The summed E-state index contributed by atoms with van der Waals surface area (Å²) < 4.78 is 0.969. The molecule has 16 heavy (non-hydrogen) atoms. The summed E-state index contributed by atoms with van der Waals surface area (Å²) in [6, 6.07) is 7.32. The third kappa shape index (κ3) is 2.90. The highest BCUT2D eigenvalue weighted by atomic mass is 79.9. The summed E-state index contributed by atoms with van der Waals surface area (Å²) >= 11 is 4.81. The Morgan fingerprint density at radius 2 is 2.12 bits per heavy atom. The van der Waals surface area contributed by atoms with Gasteiger partial charge in [0.05, 0.1) is 6.54 Å². The number of thiazole rings is 1. The normalized spacial score (nSPS) is 10.1. The molecule has 3 nitrogen and oxygen atoms in total. The minimum atomic E-state index is 0.0581. The van der Waals surface area contributed by atoms with Crippen LogP contribution in [0.1, 0.15) is 10.4 Å². The van der Waals surface area contributed by atoms with Gasteiger partial charge in [0.2, 0.25) is 0 Å². The predicted octanol–water partition coefficient (Wildman–Crippen LogP) is 3.20. The third-order valence-corrected chi connectivity index (χ3v) is 3.26. The van der Waals surface area contributed by atoms with Crippen molar-refractivity contribution in [3.8, 4) is 0 Å². The zero-order chi connectivity index (χ0) is 11.4. The molecule has 0 spiro atoms. The van der Waals surface area contributed by atoms with Crippen LogP contribution in [0.5, 0.6) is 0 Å². The van der Waals surface area contributed by atoms with E-state index in [9.17, 15) is 4.79 Å². The van der Waals surface area contributed by atoms with E-state index in [4.69, 9.17) is 0 Å². The van der Waals surface area contributed by atoms with E-state index in [-0.39, 0.29) is 12.3 Å². The Labute approximate surface area is 106 Å². The lowest BCUT2D eigenvalue weighted by Crippen LogP contribution is -2.13. The Bertz CT molecular complexity index is 467. The van der Waals surface area contributed by atoms with Crippen LogP contribution in [0.4, 0.5) is 5.13 Å². The van der Waals surface area contributed by atoms with Crippen molar-refractivity contribution >= 4 is 38.2 Å². The first-order valence-corrected chi connectivity index (χ1v) is 6.35. The monoisotopic (exact) mass is 296 g/mol. The molecule has 0 bridgehead atoms. The second-order valence-corrected chi connectivity index (χ2v) is 4.93. The van der Waals surface area contributed by atoms with Gasteiger partial charge in [-0.05, 0) is 12.1 Å². The van der Waals surface area contributed by atoms with Gasteiger partial charge in [-0.3, -0.25) is 4.79 Å². The first kappa shape index (κ1) is 11.3. The summed E-state index contributed by atoms with van der Waals surface area (Å²) in [5.41, 5.74) is 0.701. The van der Waals surface area contributed by atoms with Gasteiger partial charge in [-0.1, -0.05) is 28.1 Å². The lowest BCUT2D eigenvalue weighted by molar-refractivity contribution is 0.101. The van der Waals surface area contributed by atoms with Crippen molar-refractivity contribution in [1.82, 2.24) is 4.98 Å². The van der Waals surface area contributed by atoms with E-state index in [2.05, 4.69) is 26.2 Å². The molecule has 5 heteroatoms. The second kappa shape index (κ2) is 5.23. The average molecular weight is 297 g/mol. The van der Waals surface area contributed by atoms with Gasteiger partial charge in [-0.25, -0.2) is 4.98 Å². The van der Waals surface area contributed by atoms with Crippen molar-refractivity contribution in [2.24, 2.45) is 0 Å². The van der Waals surface area contributed by atoms with Gasteiger partial charge in [-0.15, -0.1) is 11.3 Å². The van der Waals surface area contributed by atoms with E-state index in [1.807, 2.05) is 17.5 Å². The summed E-state index contributed by atoms with van der Waals surface area (Å²) in [6.07, 6.45) is 1.71. The topological polar surface area (TPSA) is 42.0 Å². The number of nitrogens with one attached hydrogen (secondary N) is 1. The van der Waals surface area contributed by atoms with Crippen molar-refractivity contribution in [2.75, 3.05) is 11.9 Å². The maximum absolute atomic E-state index is 11.8. The molecular formula is C11H9BrN2OS. The fourth-order valence-electron chi connectivity index (χ4n) is 1.20. The number of benzene rings is 1. The highest BCUT2D eigenvalue weighted by Gasteiger charge is 2.05. The number of rotatable bonds is 4. The maximum atomic E-state index is 11.8. The quantitative estimate of drug-likeness (QED) is 0.881. The summed E-state index contributed by atoms with van der Waals surface area (Å²) in [6.45, 7) is 0.273. The fourth-order valence-corrected chi connectivity index (χ4v) is 2.00. The molecule has 2 rings (SSSR count).